The SMILES string of the molecule is COc1ccc(C(=O)NNC(=O)CN2CCC(Cc3ccccc3)CC2)cc1OC. The molecular formula is C23H29N3O4. The van der Waals surface area contributed by atoms with E-state index in [1.807, 2.05) is 6.07 Å². The average molecular weight is 412 g/mol. The predicted molar refractivity (Wildman–Crippen MR) is 114 cm³/mol. The summed E-state index contributed by atoms with van der Waals surface area (Å²) in [4.78, 5) is 26.6. The largest absolute Gasteiger partial charge is 0.493 e. The number of benzene rings is 2. The Kier molecular flexibility index (Phi) is 7.68. The predicted octanol–water partition coefficient (Wildman–Crippen LogP) is 2.42. The highest BCUT2D eigenvalue weighted by Gasteiger charge is 2.21. The van der Waals surface area contributed by atoms with Gasteiger partial charge >= 0.3 is 0 Å². The van der Waals surface area contributed by atoms with Gasteiger partial charge in [0.05, 0.1) is 20.8 Å². The molecule has 1 fully saturated rings. The molecule has 2 aromatic rings. The number of methoxy groups -OCH3 is 2. The Bertz CT molecular complexity index is 849. The third-order valence-corrected chi connectivity index (χ3v) is 5.40. The molecule has 1 aliphatic rings. The minimum absolute atomic E-state index is 0.231. The van der Waals surface area contributed by atoms with E-state index in [9.17, 15) is 9.59 Å². The average Bonchev–Trinajstić information content (AvgIpc) is 2.79. The Morgan fingerprint density at radius 2 is 1.67 bits per heavy atom. The van der Waals surface area contributed by atoms with Gasteiger partial charge in [0.15, 0.2) is 11.5 Å². The van der Waals surface area contributed by atoms with Gasteiger partial charge in [-0.1, -0.05) is 30.3 Å². The molecule has 1 saturated heterocycles. The summed E-state index contributed by atoms with van der Waals surface area (Å²) in [6, 6.07) is 15.3. The van der Waals surface area contributed by atoms with Crippen molar-refractivity contribution in [2.75, 3.05) is 33.9 Å². The lowest BCUT2D eigenvalue weighted by Gasteiger charge is -2.31. The van der Waals surface area contributed by atoms with E-state index in [0.717, 1.165) is 32.4 Å². The van der Waals surface area contributed by atoms with Gasteiger partial charge in [-0.25, -0.2) is 0 Å². The molecule has 3 rings (SSSR count). The number of amides is 2. The highest BCUT2D eigenvalue weighted by atomic mass is 16.5. The van der Waals surface area contributed by atoms with Crippen molar-refractivity contribution in [3.05, 3.63) is 59.7 Å². The van der Waals surface area contributed by atoms with Gasteiger partial charge in [-0.05, 0) is 62.0 Å². The van der Waals surface area contributed by atoms with Gasteiger partial charge in [0.2, 0.25) is 0 Å². The zero-order valence-corrected chi connectivity index (χ0v) is 17.5. The monoisotopic (exact) mass is 411 g/mol. The number of hydrogen-bond donors (Lipinski definition) is 2. The minimum atomic E-state index is -0.411. The molecule has 0 atom stereocenters. The lowest BCUT2D eigenvalue weighted by molar-refractivity contribution is -0.123. The molecule has 2 N–H and O–H groups in total. The van der Waals surface area contributed by atoms with Crippen LogP contribution in [0.15, 0.2) is 48.5 Å². The summed E-state index contributed by atoms with van der Waals surface area (Å²) in [5, 5.41) is 0. The van der Waals surface area contributed by atoms with E-state index in [1.165, 1.54) is 19.8 Å². The number of hydrogen-bond acceptors (Lipinski definition) is 5. The molecular weight excluding hydrogens is 382 g/mol. The molecule has 160 valence electrons. The number of rotatable bonds is 7. The number of carbonyl (C=O) groups is 2. The summed E-state index contributed by atoms with van der Waals surface area (Å²) >= 11 is 0. The van der Waals surface area contributed by atoms with Crippen LogP contribution in [0.25, 0.3) is 0 Å². The van der Waals surface area contributed by atoms with Crippen LogP contribution < -0.4 is 20.3 Å². The van der Waals surface area contributed by atoms with Crippen molar-refractivity contribution >= 4 is 11.8 Å². The molecule has 0 spiro atoms. The van der Waals surface area contributed by atoms with E-state index >= 15 is 0 Å². The van der Waals surface area contributed by atoms with Gasteiger partial charge in [0, 0.05) is 5.56 Å². The van der Waals surface area contributed by atoms with Crippen LogP contribution in [-0.2, 0) is 11.2 Å². The third-order valence-electron chi connectivity index (χ3n) is 5.40. The molecule has 0 aromatic heterocycles. The van der Waals surface area contributed by atoms with Crippen molar-refractivity contribution in [1.29, 1.82) is 0 Å². The summed E-state index contributed by atoms with van der Waals surface area (Å²) in [6.07, 6.45) is 3.22. The second-order valence-electron chi connectivity index (χ2n) is 7.48. The topological polar surface area (TPSA) is 79.9 Å². The standard InChI is InChI=1S/C23H29N3O4/c1-29-20-9-8-19(15-21(20)30-2)23(28)25-24-22(27)16-26-12-10-18(11-13-26)14-17-6-4-3-5-7-17/h3-9,15,18H,10-14,16H2,1-2H3,(H,24,27)(H,25,28). The van der Waals surface area contributed by atoms with Crippen molar-refractivity contribution in [3.8, 4) is 11.5 Å². The minimum Gasteiger partial charge on any atom is -0.493 e. The second kappa shape index (κ2) is 10.6. The highest BCUT2D eigenvalue weighted by molar-refractivity contribution is 5.96. The summed E-state index contributed by atoms with van der Waals surface area (Å²) in [5.41, 5.74) is 6.69. The van der Waals surface area contributed by atoms with Crippen LogP contribution >= 0.6 is 0 Å². The first-order valence-corrected chi connectivity index (χ1v) is 10.2. The smallest absolute Gasteiger partial charge is 0.269 e. The Hall–Kier alpha value is -3.06. The second-order valence-corrected chi connectivity index (χ2v) is 7.48. The summed E-state index contributed by atoms with van der Waals surface area (Å²) in [7, 11) is 3.03. The van der Waals surface area contributed by atoms with Crippen LogP contribution in [-0.4, -0.2) is 50.6 Å². The van der Waals surface area contributed by atoms with Crippen molar-refractivity contribution in [2.45, 2.75) is 19.3 Å². The Balaban J connectivity index is 1.40. The molecule has 0 radical (unpaired) electrons. The number of carbonyl (C=O) groups excluding carboxylic acids is 2. The molecule has 2 amide bonds. The van der Waals surface area contributed by atoms with Crippen molar-refractivity contribution in [2.24, 2.45) is 5.92 Å². The molecule has 2 aromatic carbocycles. The van der Waals surface area contributed by atoms with Crippen LogP contribution in [0.1, 0.15) is 28.8 Å². The summed E-state index contributed by atoms with van der Waals surface area (Å²) in [6.45, 7) is 2.04. The van der Waals surface area contributed by atoms with E-state index in [1.54, 1.807) is 18.2 Å². The molecule has 0 saturated carbocycles. The number of nitrogens with zero attached hydrogens (tertiary/aromatic N) is 1. The molecule has 1 aliphatic heterocycles. The number of hydrazine groups is 1. The number of ether oxygens (including phenoxy) is 2. The van der Waals surface area contributed by atoms with Gasteiger partial charge < -0.3 is 9.47 Å². The molecule has 0 bridgehead atoms. The zero-order valence-electron chi connectivity index (χ0n) is 17.5. The van der Waals surface area contributed by atoms with Crippen LogP contribution in [0.5, 0.6) is 11.5 Å². The first kappa shape index (κ1) is 21.6. The summed E-state index contributed by atoms with van der Waals surface area (Å²) in [5.74, 6) is 0.997. The molecule has 30 heavy (non-hydrogen) atoms. The fourth-order valence-corrected chi connectivity index (χ4v) is 3.71. The highest BCUT2D eigenvalue weighted by Crippen LogP contribution is 2.27. The van der Waals surface area contributed by atoms with E-state index in [4.69, 9.17) is 9.47 Å². The Labute approximate surface area is 177 Å². The van der Waals surface area contributed by atoms with Gasteiger partial charge in [-0.2, -0.15) is 0 Å². The molecule has 7 heteroatoms. The molecule has 7 nitrogen and oxygen atoms in total. The molecule has 1 heterocycles. The van der Waals surface area contributed by atoms with Crippen molar-refractivity contribution in [3.63, 3.8) is 0 Å². The molecule has 0 aliphatic carbocycles. The van der Waals surface area contributed by atoms with Gasteiger partial charge in [0.1, 0.15) is 0 Å². The van der Waals surface area contributed by atoms with Gasteiger partial charge in [-0.3, -0.25) is 25.3 Å². The van der Waals surface area contributed by atoms with Crippen LogP contribution in [0.2, 0.25) is 0 Å². The van der Waals surface area contributed by atoms with E-state index < -0.39 is 5.91 Å². The first-order chi connectivity index (χ1) is 14.6. The van der Waals surface area contributed by atoms with Crippen molar-refractivity contribution < 1.29 is 19.1 Å². The quantitative estimate of drug-likeness (QED) is 0.684. The molecule has 0 unspecified atom stereocenters. The summed E-state index contributed by atoms with van der Waals surface area (Å²) < 4.78 is 10.4. The lowest BCUT2D eigenvalue weighted by Crippen LogP contribution is -2.48. The first-order valence-electron chi connectivity index (χ1n) is 10.2. The maximum Gasteiger partial charge on any atom is 0.269 e. The van der Waals surface area contributed by atoms with Crippen LogP contribution in [0, 0.1) is 5.92 Å². The Morgan fingerprint density at radius 1 is 0.967 bits per heavy atom. The number of piperidine rings is 1. The van der Waals surface area contributed by atoms with Crippen LogP contribution in [0.3, 0.4) is 0 Å². The fourth-order valence-electron chi connectivity index (χ4n) is 3.71. The lowest BCUT2D eigenvalue weighted by atomic mass is 9.90. The van der Waals surface area contributed by atoms with Crippen molar-refractivity contribution in [1.82, 2.24) is 15.8 Å². The third kappa shape index (κ3) is 5.97. The maximum absolute atomic E-state index is 12.3. The fraction of sp³-hybridized carbons (Fsp3) is 0.391. The number of nitrogens with one attached hydrogen (secondary N) is 2. The van der Waals surface area contributed by atoms with E-state index in [2.05, 4.69) is 40.0 Å². The van der Waals surface area contributed by atoms with Gasteiger partial charge in [0.25, 0.3) is 11.8 Å². The zero-order chi connectivity index (χ0) is 21.3. The van der Waals surface area contributed by atoms with E-state index in [-0.39, 0.29) is 12.5 Å². The maximum atomic E-state index is 12.3. The van der Waals surface area contributed by atoms with E-state index in [0.29, 0.717) is 23.0 Å². The van der Waals surface area contributed by atoms with Gasteiger partial charge in [-0.15, -0.1) is 0 Å². The Morgan fingerprint density at radius 3 is 2.33 bits per heavy atom. The normalized spacial score (nSPS) is 14.7. The van der Waals surface area contributed by atoms with Crippen LogP contribution in [0.4, 0.5) is 0 Å². The number of likely N-dealkylation sites (tertiary alicyclic amines) is 1.